The highest BCUT2D eigenvalue weighted by Gasteiger charge is 2.29. The molecule has 0 N–H and O–H groups in total. The van der Waals surface area contributed by atoms with Gasteiger partial charge >= 0.3 is 0 Å². The second-order valence-corrected chi connectivity index (χ2v) is 9.34. The SMILES string of the molecule is COc1ccc2c(c1)CCCN2S(=O)(=O)c1ccc(-n2ncc(Cl)c(Cl)c2=O)cc1. The summed E-state index contributed by atoms with van der Waals surface area (Å²) in [5, 5.41) is 3.86. The summed E-state index contributed by atoms with van der Waals surface area (Å²) in [5.41, 5.74) is 1.36. The predicted molar refractivity (Wildman–Crippen MR) is 116 cm³/mol. The van der Waals surface area contributed by atoms with E-state index in [2.05, 4.69) is 5.10 Å². The Bertz CT molecular complexity index is 1270. The Hall–Kier alpha value is -2.55. The summed E-state index contributed by atoms with van der Waals surface area (Å²) in [4.78, 5) is 12.4. The van der Waals surface area contributed by atoms with E-state index < -0.39 is 15.6 Å². The zero-order valence-electron chi connectivity index (χ0n) is 15.9. The molecule has 0 radical (unpaired) electrons. The Morgan fingerprint density at radius 3 is 2.53 bits per heavy atom. The van der Waals surface area contributed by atoms with Crippen molar-refractivity contribution in [1.82, 2.24) is 9.78 Å². The fourth-order valence-corrected chi connectivity index (χ4v) is 5.19. The number of fused-ring (bicyclic) bond motifs is 1. The molecule has 0 bridgehead atoms. The fourth-order valence-electron chi connectivity index (χ4n) is 3.40. The minimum atomic E-state index is -3.78. The molecule has 1 aromatic heterocycles. The molecule has 30 heavy (non-hydrogen) atoms. The molecule has 0 spiro atoms. The first kappa shape index (κ1) is 20.7. The number of benzene rings is 2. The molecule has 156 valence electrons. The molecule has 3 aromatic rings. The standard InChI is InChI=1S/C20H17Cl2N3O4S/c1-29-15-6-9-18-13(11-15)3-2-10-24(18)30(27,28)16-7-4-14(5-8-16)25-20(26)19(22)17(21)12-23-25/h4-9,11-12H,2-3,10H2,1H3. The number of sulfonamides is 1. The number of anilines is 1. The van der Waals surface area contributed by atoms with E-state index in [0.29, 0.717) is 30.1 Å². The molecule has 1 aliphatic rings. The van der Waals surface area contributed by atoms with Gasteiger partial charge in [-0.1, -0.05) is 23.2 Å². The van der Waals surface area contributed by atoms with Crippen molar-refractivity contribution in [3.05, 3.63) is 74.6 Å². The Morgan fingerprint density at radius 1 is 1.10 bits per heavy atom. The van der Waals surface area contributed by atoms with Crippen molar-refractivity contribution in [3.8, 4) is 11.4 Å². The molecule has 0 atom stereocenters. The molecule has 7 nitrogen and oxygen atoms in total. The van der Waals surface area contributed by atoms with Gasteiger partial charge in [0, 0.05) is 6.54 Å². The topological polar surface area (TPSA) is 81.5 Å². The number of rotatable bonds is 4. The molecule has 2 heterocycles. The van der Waals surface area contributed by atoms with Crippen molar-refractivity contribution in [3.63, 3.8) is 0 Å². The largest absolute Gasteiger partial charge is 0.497 e. The number of halogens is 2. The van der Waals surface area contributed by atoms with E-state index in [4.69, 9.17) is 27.9 Å². The van der Waals surface area contributed by atoms with Gasteiger partial charge in [-0.15, -0.1) is 0 Å². The molecular formula is C20H17Cl2N3O4S. The van der Waals surface area contributed by atoms with Crippen LogP contribution in [0.25, 0.3) is 5.69 Å². The predicted octanol–water partition coefficient (Wildman–Crippen LogP) is 3.69. The van der Waals surface area contributed by atoms with Crippen LogP contribution in [0, 0.1) is 0 Å². The van der Waals surface area contributed by atoms with Gasteiger partial charge in [-0.2, -0.15) is 9.78 Å². The summed E-state index contributed by atoms with van der Waals surface area (Å²) in [6.45, 7) is 0.386. The number of aryl methyl sites for hydroxylation is 1. The average Bonchev–Trinajstić information content (AvgIpc) is 2.77. The molecule has 2 aromatic carbocycles. The van der Waals surface area contributed by atoms with E-state index in [1.165, 1.54) is 34.8 Å². The third kappa shape index (κ3) is 3.55. The van der Waals surface area contributed by atoms with E-state index >= 15 is 0 Å². The van der Waals surface area contributed by atoms with Crippen LogP contribution in [-0.2, 0) is 16.4 Å². The number of aromatic nitrogens is 2. The van der Waals surface area contributed by atoms with Crippen LogP contribution in [0.1, 0.15) is 12.0 Å². The van der Waals surface area contributed by atoms with Gasteiger partial charge in [-0.05, 0) is 60.9 Å². The highest BCUT2D eigenvalue weighted by Crippen LogP contribution is 2.34. The lowest BCUT2D eigenvalue weighted by Crippen LogP contribution is -2.35. The lowest BCUT2D eigenvalue weighted by Gasteiger charge is -2.30. The third-order valence-corrected chi connectivity index (χ3v) is 7.48. The van der Waals surface area contributed by atoms with E-state index in [1.54, 1.807) is 19.2 Å². The molecule has 0 aliphatic carbocycles. The number of ether oxygens (including phenoxy) is 1. The summed E-state index contributed by atoms with van der Waals surface area (Å²) in [7, 11) is -2.20. The Kier molecular flexibility index (Phi) is 5.48. The summed E-state index contributed by atoms with van der Waals surface area (Å²) in [6.07, 6.45) is 2.75. The molecule has 0 saturated heterocycles. The van der Waals surface area contributed by atoms with Gasteiger partial charge in [0.1, 0.15) is 10.8 Å². The van der Waals surface area contributed by atoms with Crippen LogP contribution in [0.5, 0.6) is 5.75 Å². The van der Waals surface area contributed by atoms with Crippen LogP contribution < -0.4 is 14.6 Å². The zero-order valence-corrected chi connectivity index (χ0v) is 18.2. The molecule has 1 aliphatic heterocycles. The Balaban J connectivity index is 1.70. The average molecular weight is 466 g/mol. The van der Waals surface area contributed by atoms with Crippen LogP contribution in [0.2, 0.25) is 10.0 Å². The van der Waals surface area contributed by atoms with Gasteiger partial charge in [-0.3, -0.25) is 9.10 Å². The first-order valence-corrected chi connectivity index (χ1v) is 11.3. The molecule has 0 saturated carbocycles. The highest BCUT2D eigenvalue weighted by atomic mass is 35.5. The summed E-state index contributed by atoms with van der Waals surface area (Å²) in [6, 6.07) is 11.3. The lowest BCUT2D eigenvalue weighted by molar-refractivity contribution is 0.414. The third-order valence-electron chi connectivity index (χ3n) is 4.91. The number of hydrogen-bond donors (Lipinski definition) is 0. The summed E-state index contributed by atoms with van der Waals surface area (Å²) < 4.78 is 34.3. The molecule has 0 unspecified atom stereocenters. The van der Waals surface area contributed by atoms with Crippen molar-refractivity contribution in [1.29, 1.82) is 0 Å². The molecular weight excluding hydrogens is 449 g/mol. The number of methoxy groups -OCH3 is 1. The highest BCUT2D eigenvalue weighted by molar-refractivity contribution is 7.92. The van der Waals surface area contributed by atoms with Crippen molar-refractivity contribution >= 4 is 38.9 Å². The number of nitrogens with zero attached hydrogens (tertiary/aromatic N) is 3. The van der Waals surface area contributed by atoms with Crippen LogP contribution in [0.4, 0.5) is 5.69 Å². The zero-order chi connectivity index (χ0) is 21.5. The Labute approximate surface area is 183 Å². The maximum Gasteiger partial charge on any atom is 0.291 e. The molecule has 0 fully saturated rings. The van der Waals surface area contributed by atoms with Crippen molar-refractivity contribution < 1.29 is 13.2 Å². The molecule has 4 rings (SSSR count). The Morgan fingerprint density at radius 2 is 1.83 bits per heavy atom. The van der Waals surface area contributed by atoms with Gasteiger partial charge < -0.3 is 4.74 Å². The van der Waals surface area contributed by atoms with Gasteiger partial charge in [0.2, 0.25) is 0 Å². The van der Waals surface area contributed by atoms with Gasteiger partial charge in [0.15, 0.2) is 0 Å². The quantitative estimate of drug-likeness (QED) is 0.586. The van der Waals surface area contributed by atoms with E-state index in [0.717, 1.165) is 16.7 Å². The van der Waals surface area contributed by atoms with Crippen molar-refractivity contribution in [2.24, 2.45) is 0 Å². The van der Waals surface area contributed by atoms with Crippen molar-refractivity contribution in [2.75, 3.05) is 18.0 Å². The first-order valence-electron chi connectivity index (χ1n) is 9.06. The minimum Gasteiger partial charge on any atom is -0.497 e. The molecule has 10 heteroatoms. The van der Waals surface area contributed by atoms with Crippen LogP contribution in [0.3, 0.4) is 0 Å². The fraction of sp³-hybridized carbons (Fsp3) is 0.200. The monoisotopic (exact) mass is 465 g/mol. The lowest BCUT2D eigenvalue weighted by atomic mass is 10.0. The second kappa shape index (κ2) is 7.94. The molecule has 0 amide bonds. The maximum atomic E-state index is 13.3. The minimum absolute atomic E-state index is 0.0532. The smallest absolute Gasteiger partial charge is 0.291 e. The van der Waals surface area contributed by atoms with E-state index in [9.17, 15) is 13.2 Å². The summed E-state index contributed by atoms with van der Waals surface area (Å²) >= 11 is 11.7. The van der Waals surface area contributed by atoms with Crippen LogP contribution >= 0.6 is 23.2 Å². The maximum absolute atomic E-state index is 13.3. The van der Waals surface area contributed by atoms with Gasteiger partial charge in [0.25, 0.3) is 15.6 Å². The first-order chi connectivity index (χ1) is 14.3. The van der Waals surface area contributed by atoms with E-state index in [-0.39, 0.29) is 14.9 Å². The van der Waals surface area contributed by atoms with Crippen molar-refractivity contribution in [2.45, 2.75) is 17.7 Å². The van der Waals surface area contributed by atoms with E-state index in [1.807, 2.05) is 6.07 Å². The van der Waals surface area contributed by atoms with Gasteiger partial charge in [-0.25, -0.2) is 8.42 Å². The second-order valence-electron chi connectivity index (χ2n) is 6.69. The summed E-state index contributed by atoms with van der Waals surface area (Å²) in [5.74, 6) is 0.692. The van der Waals surface area contributed by atoms with Gasteiger partial charge in [0.05, 0.1) is 34.6 Å². The van der Waals surface area contributed by atoms with Crippen LogP contribution in [0.15, 0.2) is 58.4 Å². The normalized spacial score (nSPS) is 13.8. The number of hydrogen-bond acceptors (Lipinski definition) is 5. The van der Waals surface area contributed by atoms with Crippen LogP contribution in [-0.4, -0.2) is 31.9 Å².